The van der Waals surface area contributed by atoms with Crippen molar-refractivity contribution in [3.8, 4) is 0 Å². The SMILES string of the molecule is CC(C)(C)OC(=O)N1CC2CCCN(C2)N1. The van der Waals surface area contributed by atoms with E-state index < -0.39 is 5.60 Å². The molecule has 2 aliphatic rings. The minimum atomic E-state index is -0.430. The van der Waals surface area contributed by atoms with Crippen LogP contribution in [0.5, 0.6) is 0 Å². The van der Waals surface area contributed by atoms with Crippen LogP contribution >= 0.6 is 0 Å². The van der Waals surface area contributed by atoms with E-state index in [4.69, 9.17) is 4.74 Å². The molecule has 2 heterocycles. The summed E-state index contributed by atoms with van der Waals surface area (Å²) < 4.78 is 5.34. The fraction of sp³-hybridized carbons (Fsp3) is 0.909. The maximum atomic E-state index is 11.9. The van der Waals surface area contributed by atoms with E-state index in [1.807, 2.05) is 20.8 Å². The summed E-state index contributed by atoms with van der Waals surface area (Å²) in [5.74, 6) is 0.586. The monoisotopic (exact) mass is 227 g/mol. The molecule has 0 aromatic rings. The molecule has 2 saturated heterocycles. The Balaban J connectivity index is 1.92. The molecule has 92 valence electrons. The number of hydrogen-bond acceptors (Lipinski definition) is 4. The van der Waals surface area contributed by atoms with Crippen LogP contribution < -0.4 is 5.53 Å². The molecule has 5 nitrogen and oxygen atoms in total. The van der Waals surface area contributed by atoms with Crippen LogP contribution in [-0.2, 0) is 4.74 Å². The Morgan fingerprint density at radius 2 is 2.12 bits per heavy atom. The number of rotatable bonds is 0. The zero-order valence-corrected chi connectivity index (χ0v) is 10.3. The maximum absolute atomic E-state index is 11.9. The molecule has 0 radical (unpaired) electrons. The molecule has 1 amide bonds. The van der Waals surface area contributed by atoms with Gasteiger partial charge in [-0.25, -0.2) is 14.8 Å². The molecule has 2 bridgehead atoms. The molecular weight excluding hydrogens is 206 g/mol. The number of ether oxygens (including phenoxy) is 1. The van der Waals surface area contributed by atoms with Gasteiger partial charge in [-0.3, -0.25) is 0 Å². The fourth-order valence-corrected chi connectivity index (χ4v) is 2.21. The molecule has 2 aliphatic heterocycles. The molecule has 0 saturated carbocycles. The Kier molecular flexibility index (Phi) is 3.08. The highest BCUT2D eigenvalue weighted by molar-refractivity contribution is 5.67. The summed E-state index contributed by atoms with van der Waals surface area (Å²) in [7, 11) is 0. The summed E-state index contributed by atoms with van der Waals surface area (Å²) in [6.45, 7) is 8.46. The van der Waals surface area contributed by atoms with Gasteiger partial charge < -0.3 is 4.74 Å². The highest BCUT2D eigenvalue weighted by atomic mass is 16.6. The van der Waals surface area contributed by atoms with Gasteiger partial charge in [0, 0.05) is 19.6 Å². The quantitative estimate of drug-likeness (QED) is 0.679. The van der Waals surface area contributed by atoms with Gasteiger partial charge in [-0.15, -0.1) is 0 Å². The first kappa shape index (κ1) is 11.7. The van der Waals surface area contributed by atoms with E-state index in [-0.39, 0.29) is 6.09 Å². The normalized spacial score (nSPS) is 30.1. The molecule has 2 rings (SSSR count). The van der Waals surface area contributed by atoms with Crippen molar-refractivity contribution >= 4 is 6.09 Å². The van der Waals surface area contributed by atoms with Gasteiger partial charge in [0.1, 0.15) is 5.60 Å². The molecular formula is C11H21N3O2. The third-order valence-electron chi connectivity index (χ3n) is 2.84. The van der Waals surface area contributed by atoms with Gasteiger partial charge in [0.25, 0.3) is 0 Å². The summed E-state index contributed by atoms with van der Waals surface area (Å²) in [5, 5.41) is 3.69. The Morgan fingerprint density at radius 1 is 1.38 bits per heavy atom. The average Bonchev–Trinajstić information content (AvgIpc) is 2.14. The summed E-state index contributed by atoms with van der Waals surface area (Å²) >= 11 is 0. The van der Waals surface area contributed by atoms with Crippen LogP contribution in [0.2, 0.25) is 0 Å². The molecule has 0 aromatic heterocycles. The van der Waals surface area contributed by atoms with E-state index in [9.17, 15) is 4.79 Å². The van der Waals surface area contributed by atoms with Crippen LogP contribution in [0.3, 0.4) is 0 Å². The van der Waals surface area contributed by atoms with Gasteiger partial charge in [-0.1, -0.05) is 0 Å². The number of nitrogens with zero attached hydrogens (tertiary/aromatic N) is 2. The van der Waals surface area contributed by atoms with E-state index >= 15 is 0 Å². The van der Waals surface area contributed by atoms with Crippen molar-refractivity contribution in [2.24, 2.45) is 5.92 Å². The number of fused-ring (bicyclic) bond motifs is 2. The molecule has 5 heteroatoms. The smallest absolute Gasteiger partial charge is 0.425 e. The van der Waals surface area contributed by atoms with Gasteiger partial charge in [-0.2, -0.15) is 5.53 Å². The van der Waals surface area contributed by atoms with Crippen LogP contribution in [0.25, 0.3) is 0 Å². The van der Waals surface area contributed by atoms with Crippen molar-refractivity contribution in [2.45, 2.75) is 39.2 Å². The highest BCUT2D eigenvalue weighted by Crippen LogP contribution is 2.21. The number of carbonyl (C=O) groups is 1. The first-order chi connectivity index (χ1) is 7.44. The Morgan fingerprint density at radius 3 is 2.75 bits per heavy atom. The molecule has 0 aliphatic carbocycles. The number of hydrogen-bond donors (Lipinski definition) is 1. The van der Waals surface area contributed by atoms with E-state index in [1.54, 1.807) is 5.01 Å². The largest absolute Gasteiger partial charge is 0.443 e. The van der Waals surface area contributed by atoms with Gasteiger partial charge in [0.15, 0.2) is 0 Å². The number of amides is 1. The molecule has 1 N–H and O–H groups in total. The standard InChI is InChI=1S/C11H21N3O2/c1-11(2,3)16-10(15)14-8-9-5-4-6-13(7-9)12-14/h9,12H,4-8H2,1-3H3. The lowest BCUT2D eigenvalue weighted by molar-refractivity contribution is -0.0730. The zero-order chi connectivity index (χ0) is 11.8. The van der Waals surface area contributed by atoms with Crippen molar-refractivity contribution in [3.63, 3.8) is 0 Å². The lowest BCUT2D eigenvalue weighted by atomic mass is 9.98. The first-order valence-electron chi connectivity index (χ1n) is 5.96. The third-order valence-corrected chi connectivity index (χ3v) is 2.84. The van der Waals surface area contributed by atoms with E-state index in [0.29, 0.717) is 5.92 Å². The number of nitrogens with one attached hydrogen (secondary N) is 1. The molecule has 2 fully saturated rings. The predicted octanol–water partition coefficient (Wildman–Crippen LogP) is 1.37. The Hall–Kier alpha value is -0.810. The number of carbonyl (C=O) groups excluding carboxylic acids is 1. The van der Waals surface area contributed by atoms with Crippen LogP contribution in [0, 0.1) is 5.92 Å². The minimum absolute atomic E-state index is 0.274. The van der Waals surface area contributed by atoms with Gasteiger partial charge in [0.2, 0.25) is 0 Å². The Bertz CT molecular complexity index is 263. The topological polar surface area (TPSA) is 44.8 Å². The van der Waals surface area contributed by atoms with E-state index in [1.165, 1.54) is 12.8 Å². The van der Waals surface area contributed by atoms with Crippen LogP contribution in [0.4, 0.5) is 4.79 Å². The van der Waals surface area contributed by atoms with E-state index in [2.05, 4.69) is 10.5 Å². The lowest BCUT2D eigenvalue weighted by Gasteiger charge is -2.43. The molecule has 2 unspecified atom stereocenters. The predicted molar refractivity (Wildman–Crippen MR) is 60.4 cm³/mol. The molecule has 0 spiro atoms. The second-order valence-corrected chi connectivity index (χ2v) is 5.65. The zero-order valence-electron chi connectivity index (χ0n) is 10.3. The van der Waals surface area contributed by atoms with Crippen molar-refractivity contribution in [3.05, 3.63) is 0 Å². The first-order valence-corrected chi connectivity index (χ1v) is 5.96. The van der Waals surface area contributed by atoms with Crippen LogP contribution in [-0.4, -0.2) is 41.3 Å². The second-order valence-electron chi connectivity index (χ2n) is 5.65. The highest BCUT2D eigenvalue weighted by Gasteiger charge is 2.33. The fourth-order valence-electron chi connectivity index (χ4n) is 2.21. The summed E-state index contributed by atoms with van der Waals surface area (Å²) in [4.78, 5) is 11.9. The summed E-state index contributed by atoms with van der Waals surface area (Å²) in [6.07, 6.45) is 2.14. The van der Waals surface area contributed by atoms with Crippen molar-refractivity contribution < 1.29 is 9.53 Å². The van der Waals surface area contributed by atoms with Crippen molar-refractivity contribution in [2.75, 3.05) is 19.6 Å². The lowest BCUT2D eigenvalue weighted by Crippen LogP contribution is -2.62. The third kappa shape index (κ3) is 2.86. The number of hydrazine groups is 2. The average molecular weight is 227 g/mol. The van der Waals surface area contributed by atoms with Crippen LogP contribution in [0.1, 0.15) is 33.6 Å². The maximum Gasteiger partial charge on any atom is 0.425 e. The molecule has 16 heavy (non-hydrogen) atoms. The van der Waals surface area contributed by atoms with Gasteiger partial charge >= 0.3 is 6.09 Å². The summed E-state index contributed by atoms with van der Waals surface area (Å²) in [5.41, 5.74) is 2.67. The van der Waals surface area contributed by atoms with Crippen molar-refractivity contribution in [1.82, 2.24) is 15.6 Å². The molecule has 2 atom stereocenters. The minimum Gasteiger partial charge on any atom is -0.443 e. The molecule has 0 aromatic carbocycles. The van der Waals surface area contributed by atoms with Gasteiger partial charge in [-0.05, 0) is 39.5 Å². The Labute approximate surface area is 96.7 Å². The van der Waals surface area contributed by atoms with Crippen molar-refractivity contribution in [1.29, 1.82) is 0 Å². The van der Waals surface area contributed by atoms with Crippen LogP contribution in [0.15, 0.2) is 0 Å². The number of piperidine rings is 1. The van der Waals surface area contributed by atoms with Gasteiger partial charge in [0.05, 0.1) is 0 Å². The second kappa shape index (κ2) is 4.22. The summed E-state index contributed by atoms with van der Waals surface area (Å²) in [6, 6.07) is 0. The van der Waals surface area contributed by atoms with E-state index in [0.717, 1.165) is 19.6 Å².